The molecule has 0 spiro atoms. The summed E-state index contributed by atoms with van der Waals surface area (Å²) in [6.07, 6.45) is 3.17. The fourth-order valence-corrected chi connectivity index (χ4v) is 3.28. The Morgan fingerprint density at radius 3 is 2.91 bits per heavy atom. The number of fused-ring (bicyclic) bond motifs is 1. The van der Waals surface area contributed by atoms with Crippen LogP contribution < -0.4 is 10.2 Å². The molecule has 0 fully saturated rings. The fraction of sp³-hybridized carbons (Fsp3) is 0.316. The Kier molecular flexibility index (Phi) is 4.87. The summed E-state index contributed by atoms with van der Waals surface area (Å²) in [5.41, 5.74) is 4.54. The van der Waals surface area contributed by atoms with Crippen LogP contribution in [-0.2, 0) is 12.8 Å². The molecule has 0 aromatic heterocycles. The van der Waals surface area contributed by atoms with Crippen LogP contribution in [0.3, 0.4) is 0 Å². The van der Waals surface area contributed by atoms with E-state index in [1.54, 1.807) is 12.1 Å². The van der Waals surface area contributed by atoms with Crippen LogP contribution in [-0.4, -0.2) is 26.0 Å². The second kappa shape index (κ2) is 7.05. The number of hydrogen-bond acceptors (Lipinski definition) is 2. The van der Waals surface area contributed by atoms with Crippen molar-refractivity contribution in [2.24, 2.45) is 0 Å². The van der Waals surface area contributed by atoms with Gasteiger partial charge >= 0.3 is 0 Å². The number of amides is 1. The maximum atomic E-state index is 12.1. The second-order valence-electron chi connectivity index (χ2n) is 5.97. The van der Waals surface area contributed by atoms with Gasteiger partial charge in [-0.2, -0.15) is 0 Å². The van der Waals surface area contributed by atoms with Crippen molar-refractivity contribution in [1.82, 2.24) is 5.32 Å². The minimum absolute atomic E-state index is 0.117. The lowest BCUT2D eigenvalue weighted by Crippen LogP contribution is -2.26. The molecule has 2 aromatic carbocycles. The molecule has 0 saturated heterocycles. The zero-order valence-corrected chi connectivity index (χ0v) is 14.1. The molecule has 1 aliphatic rings. The SMILES string of the molecule is CN1CCCc2cc(CCNC(=O)c3ccccc3Cl)ccc21. The first kappa shape index (κ1) is 15.9. The number of carbonyl (C=O) groups is 1. The van der Waals surface area contributed by atoms with Crippen molar-refractivity contribution in [3.8, 4) is 0 Å². The third-order valence-electron chi connectivity index (χ3n) is 4.31. The Hall–Kier alpha value is -2.00. The summed E-state index contributed by atoms with van der Waals surface area (Å²) >= 11 is 6.04. The van der Waals surface area contributed by atoms with Gasteiger partial charge in [0, 0.05) is 25.8 Å². The van der Waals surface area contributed by atoms with E-state index in [0.29, 0.717) is 17.1 Å². The maximum absolute atomic E-state index is 12.1. The molecule has 4 heteroatoms. The van der Waals surface area contributed by atoms with E-state index in [9.17, 15) is 4.79 Å². The van der Waals surface area contributed by atoms with Crippen molar-refractivity contribution in [2.45, 2.75) is 19.3 Å². The van der Waals surface area contributed by atoms with Crippen molar-refractivity contribution in [3.05, 3.63) is 64.2 Å². The van der Waals surface area contributed by atoms with Gasteiger partial charge in [-0.05, 0) is 48.6 Å². The van der Waals surface area contributed by atoms with Gasteiger partial charge in [0.15, 0.2) is 0 Å². The van der Waals surface area contributed by atoms with Gasteiger partial charge in [0.1, 0.15) is 0 Å². The van der Waals surface area contributed by atoms with Crippen LogP contribution in [0.15, 0.2) is 42.5 Å². The highest BCUT2D eigenvalue weighted by molar-refractivity contribution is 6.33. The zero-order chi connectivity index (χ0) is 16.2. The molecule has 3 nitrogen and oxygen atoms in total. The van der Waals surface area contributed by atoms with Crippen LogP contribution in [0.25, 0.3) is 0 Å². The Bertz CT molecular complexity index is 714. The van der Waals surface area contributed by atoms with Gasteiger partial charge in [-0.1, -0.05) is 35.9 Å². The molecule has 0 aliphatic carbocycles. The van der Waals surface area contributed by atoms with Gasteiger partial charge in [0.25, 0.3) is 5.91 Å². The van der Waals surface area contributed by atoms with Gasteiger partial charge in [0.2, 0.25) is 0 Å². The highest BCUT2D eigenvalue weighted by Crippen LogP contribution is 2.26. The molecule has 1 N–H and O–H groups in total. The standard InChI is InChI=1S/C19H21ClN2O/c1-22-12-4-5-15-13-14(8-9-18(15)22)10-11-21-19(23)16-6-2-3-7-17(16)20/h2-3,6-9,13H,4-5,10-12H2,1H3,(H,21,23). The van der Waals surface area contributed by atoms with Crippen molar-refractivity contribution >= 4 is 23.2 Å². The molecular weight excluding hydrogens is 308 g/mol. The topological polar surface area (TPSA) is 32.3 Å². The van der Waals surface area contributed by atoms with Crippen molar-refractivity contribution in [3.63, 3.8) is 0 Å². The summed E-state index contributed by atoms with van der Waals surface area (Å²) in [6, 6.07) is 13.7. The smallest absolute Gasteiger partial charge is 0.252 e. The van der Waals surface area contributed by atoms with Gasteiger partial charge in [-0.3, -0.25) is 4.79 Å². The van der Waals surface area contributed by atoms with E-state index in [4.69, 9.17) is 11.6 Å². The number of hydrogen-bond donors (Lipinski definition) is 1. The van der Waals surface area contributed by atoms with E-state index in [1.807, 2.05) is 12.1 Å². The zero-order valence-electron chi connectivity index (χ0n) is 13.3. The summed E-state index contributed by atoms with van der Waals surface area (Å²) in [5, 5.41) is 3.43. The van der Waals surface area contributed by atoms with Gasteiger partial charge < -0.3 is 10.2 Å². The summed E-state index contributed by atoms with van der Waals surface area (Å²) < 4.78 is 0. The Morgan fingerprint density at radius 2 is 2.09 bits per heavy atom. The van der Waals surface area contributed by atoms with Crippen LogP contribution in [0.1, 0.15) is 27.9 Å². The molecule has 3 rings (SSSR count). The average molecular weight is 329 g/mol. The normalized spacial score (nSPS) is 13.6. The van der Waals surface area contributed by atoms with Crippen molar-refractivity contribution in [1.29, 1.82) is 0 Å². The van der Waals surface area contributed by atoms with E-state index in [1.165, 1.54) is 23.2 Å². The molecule has 1 heterocycles. The number of nitrogens with one attached hydrogen (secondary N) is 1. The van der Waals surface area contributed by atoms with Crippen LogP contribution >= 0.6 is 11.6 Å². The van der Waals surface area contributed by atoms with E-state index >= 15 is 0 Å². The number of carbonyl (C=O) groups excluding carboxylic acids is 1. The number of aryl methyl sites for hydroxylation is 1. The quantitative estimate of drug-likeness (QED) is 0.928. The van der Waals surface area contributed by atoms with E-state index in [2.05, 4.69) is 35.5 Å². The first-order valence-electron chi connectivity index (χ1n) is 8.01. The third-order valence-corrected chi connectivity index (χ3v) is 4.64. The molecule has 0 atom stereocenters. The predicted octanol–water partition coefficient (Wildman–Crippen LogP) is 3.69. The lowest BCUT2D eigenvalue weighted by Gasteiger charge is -2.27. The van der Waals surface area contributed by atoms with E-state index in [0.717, 1.165) is 19.4 Å². The Morgan fingerprint density at radius 1 is 1.26 bits per heavy atom. The highest BCUT2D eigenvalue weighted by atomic mass is 35.5. The molecule has 1 aliphatic heterocycles. The van der Waals surface area contributed by atoms with Gasteiger partial charge in [0.05, 0.1) is 10.6 Å². The lowest BCUT2D eigenvalue weighted by molar-refractivity contribution is 0.0954. The minimum atomic E-state index is -0.117. The molecule has 23 heavy (non-hydrogen) atoms. The van der Waals surface area contributed by atoms with Gasteiger partial charge in [-0.15, -0.1) is 0 Å². The molecule has 1 amide bonds. The lowest BCUT2D eigenvalue weighted by atomic mass is 9.98. The van der Waals surface area contributed by atoms with Crippen LogP contribution in [0, 0.1) is 0 Å². The number of benzene rings is 2. The Labute approximate surface area is 142 Å². The van der Waals surface area contributed by atoms with Crippen molar-refractivity contribution < 1.29 is 4.79 Å². The van der Waals surface area contributed by atoms with Crippen molar-refractivity contribution in [2.75, 3.05) is 25.0 Å². The average Bonchev–Trinajstić information content (AvgIpc) is 2.55. The largest absolute Gasteiger partial charge is 0.374 e. The maximum Gasteiger partial charge on any atom is 0.252 e. The van der Waals surface area contributed by atoms with E-state index < -0.39 is 0 Å². The number of nitrogens with zero attached hydrogens (tertiary/aromatic N) is 1. The number of anilines is 1. The van der Waals surface area contributed by atoms with E-state index in [-0.39, 0.29) is 5.91 Å². The minimum Gasteiger partial charge on any atom is -0.374 e. The summed E-state index contributed by atoms with van der Waals surface area (Å²) in [5.74, 6) is -0.117. The molecule has 120 valence electrons. The summed E-state index contributed by atoms with van der Waals surface area (Å²) in [7, 11) is 2.14. The third kappa shape index (κ3) is 3.67. The molecule has 2 aromatic rings. The van der Waals surface area contributed by atoms with Crippen LogP contribution in [0.5, 0.6) is 0 Å². The number of halogens is 1. The molecular formula is C19H21ClN2O. The Balaban J connectivity index is 1.59. The first-order chi connectivity index (χ1) is 11.1. The summed E-state index contributed by atoms with van der Waals surface area (Å²) in [4.78, 5) is 14.4. The highest BCUT2D eigenvalue weighted by Gasteiger charge is 2.14. The first-order valence-corrected chi connectivity index (χ1v) is 8.38. The summed E-state index contributed by atoms with van der Waals surface area (Å²) in [6.45, 7) is 1.74. The molecule has 0 bridgehead atoms. The molecule has 0 radical (unpaired) electrons. The molecule has 0 saturated carbocycles. The number of rotatable bonds is 4. The van der Waals surface area contributed by atoms with Crippen LogP contribution in [0.4, 0.5) is 5.69 Å². The predicted molar refractivity (Wildman–Crippen MR) is 95.5 cm³/mol. The second-order valence-corrected chi connectivity index (χ2v) is 6.38. The van der Waals surface area contributed by atoms with Crippen LogP contribution in [0.2, 0.25) is 5.02 Å². The fourth-order valence-electron chi connectivity index (χ4n) is 3.06. The monoisotopic (exact) mass is 328 g/mol. The molecule has 0 unspecified atom stereocenters. The van der Waals surface area contributed by atoms with Gasteiger partial charge in [-0.25, -0.2) is 0 Å².